The molecule has 2 aromatic carbocycles. The van der Waals surface area contributed by atoms with Crippen molar-refractivity contribution in [2.24, 2.45) is 5.92 Å². The lowest BCUT2D eigenvalue weighted by molar-refractivity contribution is -0.126. The molecule has 1 unspecified atom stereocenters. The van der Waals surface area contributed by atoms with Crippen LogP contribution >= 0.6 is 0 Å². The second-order valence-electron chi connectivity index (χ2n) is 7.50. The van der Waals surface area contributed by atoms with Gasteiger partial charge < -0.3 is 10.4 Å². The summed E-state index contributed by atoms with van der Waals surface area (Å²) in [4.78, 5) is 14.8. The van der Waals surface area contributed by atoms with Gasteiger partial charge in [0.1, 0.15) is 11.6 Å². The van der Waals surface area contributed by atoms with Crippen LogP contribution in [0.1, 0.15) is 35.1 Å². The maximum atomic E-state index is 13.4. The lowest BCUT2D eigenvalue weighted by atomic mass is 9.96. The number of rotatable bonds is 5. The number of nitrogens with one attached hydrogen (secondary N) is 1. The van der Waals surface area contributed by atoms with Crippen LogP contribution in [0.2, 0.25) is 0 Å². The second kappa shape index (κ2) is 8.53. The number of phenols is 1. The smallest absolute Gasteiger partial charge is 0.224 e. The Morgan fingerprint density at radius 2 is 1.96 bits per heavy atom. The number of piperidine rings is 1. The third-order valence-electron chi connectivity index (χ3n) is 5.19. The molecule has 4 nitrogen and oxygen atoms in total. The molecule has 0 saturated carbocycles. The molecule has 1 atom stereocenters. The van der Waals surface area contributed by atoms with Crippen molar-refractivity contribution in [1.29, 1.82) is 0 Å². The Kier molecular flexibility index (Phi) is 6.11. The number of carbonyl (C=O) groups is 1. The average Bonchev–Trinajstić information content (AvgIpc) is 2.64. The Hall–Kier alpha value is -2.40. The molecule has 0 bridgehead atoms. The van der Waals surface area contributed by atoms with Gasteiger partial charge in [0.05, 0.1) is 5.92 Å². The van der Waals surface area contributed by atoms with Crippen molar-refractivity contribution in [3.63, 3.8) is 0 Å². The lowest BCUT2D eigenvalue weighted by Crippen LogP contribution is -2.42. The summed E-state index contributed by atoms with van der Waals surface area (Å²) in [6.07, 6.45) is 1.84. The van der Waals surface area contributed by atoms with Gasteiger partial charge in [0.2, 0.25) is 5.91 Å². The summed E-state index contributed by atoms with van der Waals surface area (Å²) in [5, 5.41) is 12.9. The van der Waals surface area contributed by atoms with Crippen molar-refractivity contribution < 1.29 is 14.3 Å². The molecule has 2 aromatic rings. The molecule has 1 fully saturated rings. The zero-order valence-corrected chi connectivity index (χ0v) is 16.0. The fourth-order valence-corrected chi connectivity index (χ4v) is 3.79. The molecule has 0 aliphatic carbocycles. The predicted molar refractivity (Wildman–Crippen MR) is 104 cm³/mol. The first-order valence-corrected chi connectivity index (χ1v) is 9.46. The molecular formula is C22H27FN2O2. The molecule has 1 saturated heterocycles. The van der Waals surface area contributed by atoms with Gasteiger partial charge in [0, 0.05) is 19.6 Å². The van der Waals surface area contributed by atoms with Gasteiger partial charge in [-0.15, -0.1) is 0 Å². The summed E-state index contributed by atoms with van der Waals surface area (Å²) in [5.41, 5.74) is 3.56. The highest BCUT2D eigenvalue weighted by Crippen LogP contribution is 2.23. The summed E-state index contributed by atoms with van der Waals surface area (Å²) in [6, 6.07) is 10.4. The Balaban J connectivity index is 1.55. The standard InChI is InChI=1S/C22H27FN2O2/c1-15-9-18(10-16(2)21(15)26)12-24-22(27)19-6-4-8-25(14-19)13-17-5-3-7-20(23)11-17/h3,5,7,9-11,19,26H,4,6,8,12-14H2,1-2H3,(H,24,27). The lowest BCUT2D eigenvalue weighted by Gasteiger charge is -2.32. The predicted octanol–water partition coefficient (Wildman–Crippen LogP) is 3.68. The fourth-order valence-electron chi connectivity index (χ4n) is 3.79. The van der Waals surface area contributed by atoms with Crippen LogP contribution < -0.4 is 5.32 Å². The molecule has 144 valence electrons. The zero-order chi connectivity index (χ0) is 19.4. The number of nitrogens with zero attached hydrogens (tertiary/aromatic N) is 1. The van der Waals surface area contributed by atoms with Crippen molar-refractivity contribution in [2.75, 3.05) is 13.1 Å². The average molecular weight is 370 g/mol. The van der Waals surface area contributed by atoms with Gasteiger partial charge in [-0.1, -0.05) is 24.3 Å². The van der Waals surface area contributed by atoms with E-state index in [1.807, 2.05) is 32.0 Å². The van der Waals surface area contributed by atoms with Crippen molar-refractivity contribution >= 4 is 5.91 Å². The Labute approximate surface area is 160 Å². The highest BCUT2D eigenvalue weighted by molar-refractivity contribution is 5.79. The normalized spacial score (nSPS) is 17.7. The molecule has 1 amide bonds. The van der Waals surface area contributed by atoms with E-state index in [1.165, 1.54) is 6.07 Å². The summed E-state index contributed by atoms with van der Waals surface area (Å²) in [6.45, 7) is 6.46. The number of likely N-dealkylation sites (tertiary alicyclic amines) is 1. The summed E-state index contributed by atoms with van der Waals surface area (Å²) in [5.74, 6) is 0.0950. The summed E-state index contributed by atoms with van der Waals surface area (Å²) in [7, 11) is 0. The quantitative estimate of drug-likeness (QED) is 0.844. The van der Waals surface area contributed by atoms with Crippen LogP contribution in [0.4, 0.5) is 4.39 Å². The minimum absolute atomic E-state index is 0.0494. The van der Waals surface area contributed by atoms with E-state index in [1.54, 1.807) is 12.1 Å². The van der Waals surface area contributed by atoms with Crippen molar-refractivity contribution in [1.82, 2.24) is 10.2 Å². The van der Waals surface area contributed by atoms with Crippen molar-refractivity contribution in [3.05, 3.63) is 64.5 Å². The van der Waals surface area contributed by atoms with Gasteiger partial charge in [0.15, 0.2) is 0 Å². The third-order valence-corrected chi connectivity index (χ3v) is 5.19. The van der Waals surface area contributed by atoms with Crippen LogP contribution in [0, 0.1) is 25.6 Å². The van der Waals surface area contributed by atoms with Gasteiger partial charge in [-0.2, -0.15) is 0 Å². The number of aromatic hydroxyl groups is 1. The minimum Gasteiger partial charge on any atom is -0.507 e. The number of phenolic OH excluding ortho intramolecular Hbond substituents is 1. The highest BCUT2D eigenvalue weighted by atomic mass is 19.1. The van der Waals surface area contributed by atoms with Gasteiger partial charge in [-0.05, 0) is 67.6 Å². The highest BCUT2D eigenvalue weighted by Gasteiger charge is 2.25. The minimum atomic E-state index is -0.224. The van der Waals surface area contributed by atoms with E-state index in [0.29, 0.717) is 25.4 Å². The largest absolute Gasteiger partial charge is 0.507 e. The van der Waals surface area contributed by atoms with Crippen LogP contribution in [0.5, 0.6) is 5.75 Å². The summed E-state index contributed by atoms with van der Waals surface area (Å²) < 4.78 is 13.4. The molecule has 27 heavy (non-hydrogen) atoms. The number of amides is 1. The van der Waals surface area contributed by atoms with E-state index >= 15 is 0 Å². The van der Waals surface area contributed by atoms with Crippen LogP contribution in [-0.4, -0.2) is 29.0 Å². The van der Waals surface area contributed by atoms with Crippen molar-refractivity contribution in [3.8, 4) is 5.75 Å². The first-order chi connectivity index (χ1) is 12.9. The molecule has 3 rings (SSSR count). The Morgan fingerprint density at radius 3 is 2.67 bits per heavy atom. The van der Waals surface area contributed by atoms with Crippen LogP contribution in [-0.2, 0) is 17.9 Å². The topological polar surface area (TPSA) is 52.6 Å². The van der Waals surface area contributed by atoms with E-state index < -0.39 is 0 Å². The molecule has 0 aromatic heterocycles. The molecule has 0 spiro atoms. The van der Waals surface area contributed by atoms with E-state index in [2.05, 4.69) is 10.2 Å². The number of hydrogen-bond donors (Lipinski definition) is 2. The first-order valence-electron chi connectivity index (χ1n) is 9.46. The number of aryl methyl sites for hydroxylation is 2. The number of hydrogen-bond acceptors (Lipinski definition) is 3. The van der Waals surface area contributed by atoms with Crippen LogP contribution in [0.25, 0.3) is 0 Å². The Bertz CT molecular complexity index is 799. The fraction of sp³-hybridized carbons (Fsp3) is 0.409. The van der Waals surface area contributed by atoms with Crippen LogP contribution in [0.3, 0.4) is 0 Å². The summed E-state index contributed by atoms with van der Waals surface area (Å²) >= 11 is 0. The van der Waals surface area contributed by atoms with Crippen molar-refractivity contribution in [2.45, 2.75) is 39.8 Å². The number of benzene rings is 2. The SMILES string of the molecule is Cc1cc(CNC(=O)C2CCCN(Cc3cccc(F)c3)C2)cc(C)c1O. The zero-order valence-electron chi connectivity index (χ0n) is 16.0. The number of halogens is 1. The second-order valence-corrected chi connectivity index (χ2v) is 7.50. The van der Waals surface area contributed by atoms with E-state index in [9.17, 15) is 14.3 Å². The first kappa shape index (κ1) is 19.4. The van der Waals surface area contributed by atoms with Gasteiger partial charge in [-0.3, -0.25) is 9.69 Å². The van der Waals surface area contributed by atoms with E-state index in [-0.39, 0.29) is 17.6 Å². The maximum absolute atomic E-state index is 13.4. The molecule has 1 heterocycles. The monoisotopic (exact) mass is 370 g/mol. The third kappa shape index (κ3) is 5.07. The van der Waals surface area contributed by atoms with Gasteiger partial charge in [0.25, 0.3) is 0 Å². The maximum Gasteiger partial charge on any atom is 0.224 e. The van der Waals surface area contributed by atoms with Gasteiger partial charge in [-0.25, -0.2) is 4.39 Å². The molecular weight excluding hydrogens is 343 g/mol. The van der Waals surface area contributed by atoms with Gasteiger partial charge >= 0.3 is 0 Å². The molecule has 1 aliphatic heterocycles. The van der Waals surface area contributed by atoms with E-state index in [0.717, 1.165) is 41.6 Å². The Morgan fingerprint density at radius 1 is 1.22 bits per heavy atom. The molecule has 0 radical (unpaired) electrons. The molecule has 5 heteroatoms. The molecule has 2 N–H and O–H groups in total. The molecule has 1 aliphatic rings. The van der Waals surface area contributed by atoms with Crippen LogP contribution in [0.15, 0.2) is 36.4 Å². The number of carbonyl (C=O) groups excluding carboxylic acids is 1. The van der Waals surface area contributed by atoms with E-state index in [4.69, 9.17) is 0 Å².